The van der Waals surface area contributed by atoms with Crippen molar-refractivity contribution < 1.29 is 28.7 Å². The number of hydrogen-bond acceptors (Lipinski definition) is 6. The minimum absolute atomic E-state index is 0.107. The van der Waals surface area contributed by atoms with Crippen LogP contribution in [-0.4, -0.2) is 49.2 Å². The lowest BCUT2D eigenvalue weighted by atomic mass is 10.0. The van der Waals surface area contributed by atoms with E-state index in [-0.39, 0.29) is 36.9 Å². The van der Waals surface area contributed by atoms with Gasteiger partial charge in [-0.15, -0.1) is 0 Å². The van der Waals surface area contributed by atoms with E-state index in [9.17, 15) is 19.2 Å². The van der Waals surface area contributed by atoms with Gasteiger partial charge in [0.05, 0.1) is 0 Å². The van der Waals surface area contributed by atoms with Crippen molar-refractivity contribution in [2.75, 3.05) is 13.1 Å². The Balaban J connectivity index is 1.70. The molecule has 0 aromatic heterocycles. The fourth-order valence-electron chi connectivity index (χ4n) is 3.58. The molecule has 2 atom stereocenters. The van der Waals surface area contributed by atoms with Crippen LogP contribution < -0.4 is 21.3 Å². The Morgan fingerprint density at radius 2 is 0.974 bits per heavy atom. The molecule has 4 N–H and O–H groups in total. The van der Waals surface area contributed by atoms with Crippen LogP contribution in [0.5, 0.6) is 0 Å². The fraction of sp³-hybridized carbons (Fsp3) is 0.448. The van der Waals surface area contributed by atoms with Gasteiger partial charge in [-0.1, -0.05) is 88.4 Å². The van der Waals surface area contributed by atoms with Gasteiger partial charge in [0.1, 0.15) is 25.3 Å². The Morgan fingerprint density at radius 3 is 1.31 bits per heavy atom. The van der Waals surface area contributed by atoms with Crippen LogP contribution >= 0.6 is 0 Å². The summed E-state index contributed by atoms with van der Waals surface area (Å²) < 4.78 is 10.4. The third kappa shape index (κ3) is 11.9. The summed E-state index contributed by atoms with van der Waals surface area (Å²) in [7, 11) is 0. The van der Waals surface area contributed by atoms with Crippen molar-refractivity contribution in [3.63, 3.8) is 0 Å². The second-order valence-electron chi connectivity index (χ2n) is 9.79. The zero-order chi connectivity index (χ0) is 28.6. The topological polar surface area (TPSA) is 135 Å². The van der Waals surface area contributed by atoms with Crippen LogP contribution in [0.2, 0.25) is 0 Å². The van der Waals surface area contributed by atoms with Crippen molar-refractivity contribution in [3.05, 3.63) is 71.8 Å². The number of ether oxygens (including phenoxy) is 2. The summed E-state index contributed by atoms with van der Waals surface area (Å²) in [6.07, 6.45) is -0.881. The molecule has 0 aliphatic rings. The number of carbonyl (C=O) groups is 4. The maximum Gasteiger partial charge on any atom is 0.408 e. The molecule has 0 saturated heterocycles. The molecule has 0 bridgehead atoms. The predicted octanol–water partition coefficient (Wildman–Crippen LogP) is 3.51. The van der Waals surface area contributed by atoms with Gasteiger partial charge in [0, 0.05) is 13.1 Å². The number of alkyl carbamates (subject to hydrolysis) is 2. The number of amides is 4. The first-order valence-electron chi connectivity index (χ1n) is 13.2. The molecule has 2 aromatic rings. The predicted molar refractivity (Wildman–Crippen MR) is 147 cm³/mol. The normalized spacial score (nSPS) is 12.3. The molecule has 0 spiro atoms. The van der Waals surface area contributed by atoms with E-state index in [1.54, 1.807) is 0 Å². The molecule has 0 radical (unpaired) electrons. The third-order valence-corrected chi connectivity index (χ3v) is 5.82. The highest BCUT2D eigenvalue weighted by atomic mass is 16.6. The first-order chi connectivity index (χ1) is 18.7. The van der Waals surface area contributed by atoms with Crippen LogP contribution in [-0.2, 0) is 32.3 Å². The van der Waals surface area contributed by atoms with Gasteiger partial charge < -0.3 is 30.7 Å². The zero-order valence-corrected chi connectivity index (χ0v) is 23.1. The largest absolute Gasteiger partial charge is 0.445 e. The highest BCUT2D eigenvalue weighted by molar-refractivity contribution is 5.86. The first kappa shape index (κ1) is 31.1. The number of hydrogen-bond donors (Lipinski definition) is 4. The summed E-state index contributed by atoms with van der Waals surface area (Å²) in [5, 5.41) is 10.8. The molecule has 39 heavy (non-hydrogen) atoms. The van der Waals surface area contributed by atoms with Gasteiger partial charge in [0.25, 0.3) is 0 Å². The lowest BCUT2D eigenvalue weighted by molar-refractivity contribution is -0.124. The monoisotopic (exact) mass is 540 g/mol. The summed E-state index contributed by atoms with van der Waals surface area (Å²) in [6.45, 7) is 8.10. The average Bonchev–Trinajstić information content (AvgIpc) is 2.92. The summed E-state index contributed by atoms with van der Waals surface area (Å²) in [5.74, 6) is -0.992. The molecule has 2 aromatic carbocycles. The second-order valence-corrected chi connectivity index (χ2v) is 9.79. The molecular formula is C29H40N4O6. The first-order valence-corrected chi connectivity index (χ1v) is 13.2. The molecule has 0 aliphatic heterocycles. The molecule has 10 nitrogen and oxygen atoms in total. The SMILES string of the molecule is CC(C)[C@@H](NC(=O)OCc1ccccc1)C(=O)NCCCNC(=O)[C@H](NC(=O)OCc1ccccc1)C(C)C. The van der Waals surface area contributed by atoms with Gasteiger partial charge >= 0.3 is 12.2 Å². The van der Waals surface area contributed by atoms with Crippen LogP contribution in [0.4, 0.5) is 9.59 Å². The molecule has 0 fully saturated rings. The molecule has 0 aliphatic carbocycles. The minimum Gasteiger partial charge on any atom is -0.445 e. The third-order valence-electron chi connectivity index (χ3n) is 5.82. The van der Waals surface area contributed by atoms with Crippen molar-refractivity contribution in [1.29, 1.82) is 0 Å². The number of rotatable bonds is 14. The van der Waals surface area contributed by atoms with Crippen molar-refractivity contribution >= 4 is 24.0 Å². The van der Waals surface area contributed by atoms with E-state index in [1.807, 2.05) is 88.4 Å². The van der Waals surface area contributed by atoms with E-state index in [1.165, 1.54) is 0 Å². The Bertz CT molecular complexity index is 963. The Morgan fingerprint density at radius 1 is 0.615 bits per heavy atom. The minimum atomic E-state index is -0.765. The molecular weight excluding hydrogens is 500 g/mol. The van der Waals surface area contributed by atoms with Crippen molar-refractivity contribution in [2.45, 2.75) is 59.4 Å². The maximum atomic E-state index is 12.6. The van der Waals surface area contributed by atoms with Crippen LogP contribution in [0.3, 0.4) is 0 Å². The smallest absolute Gasteiger partial charge is 0.408 e. The van der Waals surface area contributed by atoms with E-state index in [0.29, 0.717) is 19.5 Å². The molecule has 0 heterocycles. The lowest BCUT2D eigenvalue weighted by Gasteiger charge is -2.22. The highest BCUT2D eigenvalue weighted by Gasteiger charge is 2.26. The maximum absolute atomic E-state index is 12.6. The summed E-state index contributed by atoms with van der Waals surface area (Å²) in [4.78, 5) is 49.7. The van der Waals surface area contributed by atoms with Crippen molar-refractivity contribution in [2.24, 2.45) is 11.8 Å². The summed E-state index contributed by atoms with van der Waals surface area (Å²) >= 11 is 0. The zero-order valence-electron chi connectivity index (χ0n) is 23.1. The van der Waals surface area contributed by atoms with E-state index in [2.05, 4.69) is 21.3 Å². The van der Waals surface area contributed by atoms with Crippen LogP contribution in [0.25, 0.3) is 0 Å². The summed E-state index contributed by atoms with van der Waals surface area (Å²) in [5.41, 5.74) is 1.69. The molecule has 0 unspecified atom stereocenters. The molecule has 4 amide bonds. The molecule has 0 saturated carbocycles. The Kier molecular flexibility index (Phi) is 13.3. The van der Waals surface area contributed by atoms with Crippen LogP contribution in [0.15, 0.2) is 60.7 Å². The van der Waals surface area contributed by atoms with Gasteiger partial charge in [-0.25, -0.2) is 9.59 Å². The van der Waals surface area contributed by atoms with Crippen molar-refractivity contribution in [1.82, 2.24) is 21.3 Å². The second kappa shape index (κ2) is 16.7. The molecule has 10 heteroatoms. The average molecular weight is 541 g/mol. The van der Waals surface area contributed by atoms with Gasteiger partial charge in [0.2, 0.25) is 11.8 Å². The van der Waals surface area contributed by atoms with E-state index in [4.69, 9.17) is 9.47 Å². The molecule has 212 valence electrons. The summed E-state index contributed by atoms with van der Waals surface area (Å²) in [6, 6.07) is 17.0. The lowest BCUT2D eigenvalue weighted by Crippen LogP contribution is -2.51. The van der Waals surface area contributed by atoms with Gasteiger partial charge in [0.15, 0.2) is 0 Å². The van der Waals surface area contributed by atoms with E-state index < -0.39 is 24.3 Å². The van der Waals surface area contributed by atoms with E-state index in [0.717, 1.165) is 11.1 Å². The number of nitrogens with one attached hydrogen (secondary N) is 4. The standard InChI is InChI=1S/C29H40N4O6/c1-20(2)24(32-28(36)38-18-22-12-7-5-8-13-22)26(34)30-16-11-17-31-27(35)25(21(3)4)33-29(37)39-19-23-14-9-6-10-15-23/h5-10,12-15,20-21,24-25H,11,16-19H2,1-4H3,(H,30,34)(H,31,35)(H,32,36)(H,33,37)/t24-,25-/m1/s1. The number of benzene rings is 2. The van der Waals surface area contributed by atoms with Crippen molar-refractivity contribution in [3.8, 4) is 0 Å². The Hall–Kier alpha value is -4.08. The van der Waals surface area contributed by atoms with Gasteiger partial charge in [-0.2, -0.15) is 0 Å². The van der Waals surface area contributed by atoms with Gasteiger partial charge in [-0.3, -0.25) is 9.59 Å². The van der Waals surface area contributed by atoms with Gasteiger partial charge in [-0.05, 0) is 29.4 Å². The highest BCUT2D eigenvalue weighted by Crippen LogP contribution is 2.06. The molecule has 2 rings (SSSR count). The van der Waals surface area contributed by atoms with Crippen LogP contribution in [0.1, 0.15) is 45.2 Å². The number of carbonyl (C=O) groups excluding carboxylic acids is 4. The van der Waals surface area contributed by atoms with Crippen LogP contribution in [0, 0.1) is 11.8 Å². The Labute approximate surface area is 230 Å². The quantitative estimate of drug-likeness (QED) is 0.271. The van der Waals surface area contributed by atoms with E-state index >= 15 is 0 Å². The fourth-order valence-corrected chi connectivity index (χ4v) is 3.58.